The highest BCUT2D eigenvalue weighted by molar-refractivity contribution is 5.92. The summed E-state index contributed by atoms with van der Waals surface area (Å²) in [6.45, 7) is 8.52. The van der Waals surface area contributed by atoms with Crippen LogP contribution in [0.1, 0.15) is 37.1 Å². The number of hydrogen-bond donors (Lipinski definition) is 1. The van der Waals surface area contributed by atoms with Gasteiger partial charge in [0.15, 0.2) is 5.69 Å². The zero-order valence-corrected chi connectivity index (χ0v) is 10.8. The summed E-state index contributed by atoms with van der Waals surface area (Å²) in [5.74, 6) is 0.602. The molecule has 0 amide bonds. The smallest absolute Gasteiger partial charge is 0.360 e. The van der Waals surface area contributed by atoms with E-state index in [9.17, 15) is 4.79 Å². The van der Waals surface area contributed by atoms with Gasteiger partial charge < -0.3 is 15.0 Å². The van der Waals surface area contributed by atoms with E-state index in [1.165, 1.54) is 5.57 Å². The number of allylic oxidation sites excluding steroid dienone is 2. The first kappa shape index (κ1) is 13.3. The largest absolute Gasteiger partial charge is 0.461 e. The van der Waals surface area contributed by atoms with Gasteiger partial charge >= 0.3 is 5.97 Å². The minimum Gasteiger partial charge on any atom is -0.461 e. The van der Waals surface area contributed by atoms with Gasteiger partial charge in [0.25, 0.3) is 0 Å². The lowest BCUT2D eigenvalue weighted by Crippen LogP contribution is -2.10. The zero-order chi connectivity index (χ0) is 13.0. The minimum atomic E-state index is -0.468. The summed E-state index contributed by atoms with van der Waals surface area (Å²) in [6.07, 6.45) is 2.03. The maximum absolute atomic E-state index is 11.6. The molecular formula is C12H19N3O2. The summed E-state index contributed by atoms with van der Waals surface area (Å²) in [5.41, 5.74) is 7.28. The third-order valence-electron chi connectivity index (χ3n) is 2.35. The van der Waals surface area contributed by atoms with Crippen molar-refractivity contribution in [3.63, 3.8) is 0 Å². The van der Waals surface area contributed by atoms with Crippen LogP contribution in [-0.4, -0.2) is 22.1 Å². The SMILES string of the molecule is CCOC(=O)c1nc(C)n(CC=C(C)C)c1N. The topological polar surface area (TPSA) is 70.1 Å². The number of nitrogens with two attached hydrogens (primary N) is 1. The fourth-order valence-electron chi connectivity index (χ4n) is 1.44. The molecule has 2 N–H and O–H groups in total. The van der Waals surface area contributed by atoms with Crippen LogP contribution in [0.25, 0.3) is 0 Å². The maximum Gasteiger partial charge on any atom is 0.360 e. The van der Waals surface area contributed by atoms with Crippen molar-refractivity contribution >= 4 is 11.8 Å². The normalized spacial score (nSPS) is 10.1. The molecule has 1 rings (SSSR count). The zero-order valence-electron chi connectivity index (χ0n) is 10.8. The number of nitrogen functional groups attached to an aromatic ring is 1. The number of esters is 1. The second-order valence-corrected chi connectivity index (χ2v) is 4.01. The number of aromatic nitrogens is 2. The van der Waals surface area contributed by atoms with Gasteiger partial charge in [0, 0.05) is 6.54 Å². The van der Waals surface area contributed by atoms with Crippen LogP contribution in [0.3, 0.4) is 0 Å². The predicted octanol–water partition coefficient (Wildman–Crippen LogP) is 1.92. The average molecular weight is 237 g/mol. The highest BCUT2D eigenvalue weighted by Crippen LogP contribution is 2.15. The molecule has 0 atom stereocenters. The fourth-order valence-corrected chi connectivity index (χ4v) is 1.44. The third-order valence-corrected chi connectivity index (χ3v) is 2.35. The molecule has 0 saturated carbocycles. The molecule has 1 aromatic rings. The predicted molar refractivity (Wildman–Crippen MR) is 66.8 cm³/mol. The Balaban J connectivity index is 3.01. The molecule has 0 saturated heterocycles. The molecule has 0 unspecified atom stereocenters. The van der Waals surface area contributed by atoms with Gasteiger partial charge in [0.05, 0.1) is 6.61 Å². The lowest BCUT2D eigenvalue weighted by atomic mass is 10.3. The van der Waals surface area contributed by atoms with Crippen LogP contribution >= 0.6 is 0 Å². The quantitative estimate of drug-likeness (QED) is 0.641. The van der Waals surface area contributed by atoms with Gasteiger partial charge in [-0.05, 0) is 27.7 Å². The number of hydrogen-bond acceptors (Lipinski definition) is 4. The summed E-state index contributed by atoms with van der Waals surface area (Å²) in [4.78, 5) is 15.7. The van der Waals surface area contributed by atoms with E-state index in [0.717, 1.165) is 0 Å². The second-order valence-electron chi connectivity index (χ2n) is 4.01. The van der Waals surface area contributed by atoms with Crippen molar-refractivity contribution in [2.75, 3.05) is 12.3 Å². The minimum absolute atomic E-state index is 0.200. The number of imidazole rings is 1. The molecule has 0 aliphatic carbocycles. The Labute approximate surface area is 101 Å². The molecule has 0 fully saturated rings. The van der Waals surface area contributed by atoms with E-state index in [1.54, 1.807) is 11.5 Å². The van der Waals surface area contributed by atoms with Crippen LogP contribution in [0.5, 0.6) is 0 Å². The molecule has 0 aliphatic rings. The molecule has 0 aromatic carbocycles. The summed E-state index contributed by atoms with van der Waals surface area (Å²) in [6, 6.07) is 0. The van der Waals surface area contributed by atoms with Crippen LogP contribution in [0.15, 0.2) is 11.6 Å². The van der Waals surface area contributed by atoms with Crippen molar-refractivity contribution in [1.82, 2.24) is 9.55 Å². The Morgan fingerprint density at radius 3 is 2.71 bits per heavy atom. The molecule has 94 valence electrons. The fraction of sp³-hybridized carbons (Fsp3) is 0.500. The van der Waals surface area contributed by atoms with E-state index in [-0.39, 0.29) is 5.69 Å². The molecule has 1 heterocycles. The summed E-state index contributed by atoms with van der Waals surface area (Å²) < 4.78 is 6.68. The first-order valence-electron chi connectivity index (χ1n) is 5.60. The van der Waals surface area contributed by atoms with Gasteiger partial charge in [-0.1, -0.05) is 11.6 Å². The van der Waals surface area contributed by atoms with Gasteiger partial charge in [-0.15, -0.1) is 0 Å². The number of anilines is 1. The molecule has 0 bridgehead atoms. The molecule has 17 heavy (non-hydrogen) atoms. The van der Waals surface area contributed by atoms with Gasteiger partial charge in [-0.25, -0.2) is 9.78 Å². The molecular weight excluding hydrogens is 218 g/mol. The first-order valence-corrected chi connectivity index (χ1v) is 5.60. The highest BCUT2D eigenvalue weighted by atomic mass is 16.5. The Kier molecular flexibility index (Phi) is 4.31. The van der Waals surface area contributed by atoms with Crippen LogP contribution in [0.2, 0.25) is 0 Å². The van der Waals surface area contributed by atoms with E-state index < -0.39 is 5.97 Å². The molecule has 5 nitrogen and oxygen atoms in total. The Morgan fingerprint density at radius 1 is 1.53 bits per heavy atom. The molecule has 1 aromatic heterocycles. The van der Waals surface area contributed by atoms with Crippen LogP contribution < -0.4 is 5.73 Å². The van der Waals surface area contributed by atoms with Gasteiger partial charge in [0.1, 0.15) is 11.6 Å². The summed E-state index contributed by atoms with van der Waals surface area (Å²) >= 11 is 0. The Hall–Kier alpha value is -1.78. The number of nitrogens with zero attached hydrogens (tertiary/aromatic N) is 2. The number of carbonyl (C=O) groups excluding carboxylic acids is 1. The Morgan fingerprint density at radius 2 is 2.18 bits per heavy atom. The van der Waals surface area contributed by atoms with E-state index in [1.807, 2.05) is 26.8 Å². The highest BCUT2D eigenvalue weighted by Gasteiger charge is 2.18. The lowest BCUT2D eigenvalue weighted by molar-refractivity contribution is 0.0521. The van der Waals surface area contributed by atoms with E-state index >= 15 is 0 Å². The van der Waals surface area contributed by atoms with E-state index in [0.29, 0.717) is 24.8 Å². The van der Waals surface area contributed by atoms with Gasteiger partial charge in [-0.2, -0.15) is 0 Å². The van der Waals surface area contributed by atoms with Gasteiger partial charge in [0.2, 0.25) is 0 Å². The van der Waals surface area contributed by atoms with Crippen molar-refractivity contribution < 1.29 is 9.53 Å². The molecule has 0 radical (unpaired) electrons. The van der Waals surface area contributed by atoms with Crippen molar-refractivity contribution in [1.29, 1.82) is 0 Å². The van der Waals surface area contributed by atoms with Gasteiger partial charge in [-0.3, -0.25) is 0 Å². The van der Waals surface area contributed by atoms with Crippen LogP contribution in [0.4, 0.5) is 5.82 Å². The number of aryl methyl sites for hydroxylation is 1. The second kappa shape index (κ2) is 5.52. The number of carbonyl (C=O) groups is 1. The monoisotopic (exact) mass is 237 g/mol. The summed E-state index contributed by atoms with van der Waals surface area (Å²) in [5, 5.41) is 0. The Bertz CT molecular complexity index is 443. The lowest BCUT2D eigenvalue weighted by Gasteiger charge is -2.04. The summed E-state index contributed by atoms with van der Waals surface area (Å²) in [7, 11) is 0. The van der Waals surface area contributed by atoms with Crippen LogP contribution in [0, 0.1) is 6.92 Å². The standard InChI is InChI=1S/C12H19N3O2/c1-5-17-12(16)10-11(13)15(9(4)14-10)7-6-8(2)3/h6H,5,7,13H2,1-4H3. The van der Waals surface area contributed by atoms with Crippen molar-refractivity contribution in [3.05, 3.63) is 23.2 Å². The number of ether oxygens (including phenoxy) is 1. The molecule has 0 aliphatic heterocycles. The molecule has 0 spiro atoms. The number of rotatable bonds is 4. The maximum atomic E-state index is 11.6. The van der Waals surface area contributed by atoms with Crippen molar-refractivity contribution in [2.24, 2.45) is 0 Å². The third kappa shape index (κ3) is 3.09. The first-order chi connectivity index (χ1) is 7.97. The van der Waals surface area contributed by atoms with Crippen LogP contribution in [-0.2, 0) is 11.3 Å². The molecule has 5 heteroatoms. The van der Waals surface area contributed by atoms with E-state index in [4.69, 9.17) is 10.5 Å². The van der Waals surface area contributed by atoms with Crippen molar-refractivity contribution in [2.45, 2.75) is 34.2 Å². The van der Waals surface area contributed by atoms with Crippen molar-refractivity contribution in [3.8, 4) is 0 Å². The van der Waals surface area contributed by atoms with E-state index in [2.05, 4.69) is 4.98 Å². The average Bonchev–Trinajstić information content (AvgIpc) is 2.52.